The Morgan fingerprint density at radius 2 is 1.54 bits per heavy atom. The van der Waals surface area contributed by atoms with E-state index in [1.165, 1.54) is 36.4 Å². The first kappa shape index (κ1) is 34.3. The van der Waals surface area contributed by atoms with E-state index in [4.69, 9.17) is 4.74 Å². The largest absolute Gasteiger partial charge is 0.462 e. The van der Waals surface area contributed by atoms with Crippen molar-refractivity contribution in [3.05, 3.63) is 119 Å². The van der Waals surface area contributed by atoms with Crippen LogP contribution in [0.3, 0.4) is 0 Å². The van der Waals surface area contributed by atoms with Gasteiger partial charge in [0.1, 0.15) is 17.2 Å². The second kappa shape index (κ2) is 16.7. The molecule has 46 heavy (non-hydrogen) atoms. The summed E-state index contributed by atoms with van der Waals surface area (Å²) in [6.45, 7) is 7.59. The van der Waals surface area contributed by atoms with Gasteiger partial charge in [-0.25, -0.2) is 13.6 Å². The molecule has 7 nitrogen and oxygen atoms in total. The van der Waals surface area contributed by atoms with Crippen LogP contribution in [0.2, 0.25) is 0 Å². The third kappa shape index (κ3) is 8.38. The average molecular weight is 632 g/mol. The highest BCUT2D eigenvalue weighted by atomic mass is 19.1. The molecule has 244 valence electrons. The molecule has 1 fully saturated rings. The maximum atomic E-state index is 14.4. The zero-order valence-corrected chi connectivity index (χ0v) is 26.9. The lowest BCUT2D eigenvalue weighted by Crippen LogP contribution is -2.52. The summed E-state index contributed by atoms with van der Waals surface area (Å²) in [6, 6.07) is 11.5. The fraction of sp³-hybridized carbons (Fsp3) is 0.378. The Bertz CT molecular complexity index is 1490. The Hall–Kier alpha value is -4.53. The van der Waals surface area contributed by atoms with Gasteiger partial charge in [0, 0.05) is 49.1 Å². The number of rotatable bonds is 12. The molecule has 4 rings (SSSR count). The van der Waals surface area contributed by atoms with Gasteiger partial charge in [0.15, 0.2) is 0 Å². The molecule has 0 saturated carbocycles. The van der Waals surface area contributed by atoms with Crippen molar-refractivity contribution >= 4 is 17.8 Å². The van der Waals surface area contributed by atoms with Gasteiger partial charge in [0.05, 0.1) is 13.2 Å². The molecule has 1 unspecified atom stereocenters. The van der Waals surface area contributed by atoms with Crippen LogP contribution < -0.4 is 0 Å². The second-order valence-corrected chi connectivity index (χ2v) is 11.3. The number of ether oxygens (including phenoxy) is 1. The maximum Gasteiger partial charge on any atom is 0.345 e. The van der Waals surface area contributed by atoms with Gasteiger partial charge in [-0.2, -0.15) is 0 Å². The molecule has 0 N–H and O–H groups in total. The quantitative estimate of drug-likeness (QED) is 0.147. The van der Waals surface area contributed by atoms with Gasteiger partial charge < -0.3 is 19.4 Å². The highest BCUT2D eigenvalue weighted by Gasteiger charge is 2.43. The molecular weight excluding hydrogens is 588 g/mol. The van der Waals surface area contributed by atoms with E-state index in [2.05, 4.69) is 25.2 Å². The van der Waals surface area contributed by atoms with Crippen LogP contribution >= 0.6 is 0 Å². The SMILES string of the molecule is CC/C=C\CC1C(N2CCN(C(=O)c3ccc(F)cc3)CC2)=C(C(=O)OCC)C(=O)N(Cc2ccc(F)cc2)/C1=C/C=C\CCC. The number of carbonyl (C=O) groups is 3. The summed E-state index contributed by atoms with van der Waals surface area (Å²) in [5.74, 6) is -2.53. The minimum atomic E-state index is -0.693. The molecule has 1 atom stereocenters. The van der Waals surface area contributed by atoms with Crippen LogP contribution in [-0.4, -0.2) is 65.3 Å². The summed E-state index contributed by atoms with van der Waals surface area (Å²) in [4.78, 5) is 46.6. The molecule has 2 amide bonds. The Morgan fingerprint density at radius 1 is 0.891 bits per heavy atom. The zero-order valence-electron chi connectivity index (χ0n) is 26.9. The molecule has 0 aliphatic carbocycles. The predicted octanol–water partition coefficient (Wildman–Crippen LogP) is 6.79. The standard InChI is InChI=1S/C37H43F2N3O4/c1-4-7-9-11-13-32-31(12-10-8-5-2)34(40-22-24-41(25-23-40)35(43)28-16-20-30(39)21-17-28)33(37(45)46-6-3)36(44)42(32)26-27-14-18-29(38)19-15-27/h8-11,13-21,31H,4-7,12,22-26H2,1-3H3/b10-8-,11-9-,32-13+. The summed E-state index contributed by atoms with van der Waals surface area (Å²) >= 11 is 0. The monoisotopic (exact) mass is 631 g/mol. The van der Waals surface area contributed by atoms with E-state index in [-0.39, 0.29) is 36.4 Å². The molecule has 2 aliphatic rings. The van der Waals surface area contributed by atoms with Crippen molar-refractivity contribution in [3.8, 4) is 0 Å². The number of nitrogens with zero attached hydrogens (tertiary/aromatic N) is 3. The van der Waals surface area contributed by atoms with E-state index in [1.54, 1.807) is 28.9 Å². The third-order valence-electron chi connectivity index (χ3n) is 8.08. The van der Waals surface area contributed by atoms with E-state index in [0.29, 0.717) is 43.9 Å². The van der Waals surface area contributed by atoms with Gasteiger partial charge in [0.2, 0.25) is 0 Å². The van der Waals surface area contributed by atoms with Crippen molar-refractivity contribution < 1.29 is 27.9 Å². The van der Waals surface area contributed by atoms with Crippen LogP contribution in [0.4, 0.5) is 8.78 Å². The van der Waals surface area contributed by atoms with Crippen LogP contribution in [0.1, 0.15) is 62.4 Å². The number of allylic oxidation sites excluding steroid dienone is 5. The maximum absolute atomic E-state index is 14.4. The Morgan fingerprint density at radius 3 is 2.15 bits per heavy atom. The van der Waals surface area contributed by atoms with Gasteiger partial charge in [-0.05, 0) is 74.2 Å². The molecule has 1 saturated heterocycles. The highest BCUT2D eigenvalue weighted by Crippen LogP contribution is 2.39. The number of carbonyl (C=O) groups excluding carboxylic acids is 3. The third-order valence-corrected chi connectivity index (χ3v) is 8.08. The van der Waals surface area contributed by atoms with Crippen LogP contribution in [0.25, 0.3) is 0 Å². The fourth-order valence-electron chi connectivity index (χ4n) is 5.77. The van der Waals surface area contributed by atoms with E-state index in [0.717, 1.165) is 30.5 Å². The minimum absolute atomic E-state index is 0.0214. The Balaban J connectivity index is 1.78. The summed E-state index contributed by atoms with van der Waals surface area (Å²) in [7, 11) is 0. The first-order valence-corrected chi connectivity index (χ1v) is 16.1. The smallest absolute Gasteiger partial charge is 0.345 e. The molecule has 9 heteroatoms. The molecule has 0 bridgehead atoms. The number of hydrogen-bond donors (Lipinski definition) is 0. The van der Waals surface area contributed by atoms with Crippen LogP contribution in [0.15, 0.2) is 95.9 Å². The predicted molar refractivity (Wildman–Crippen MR) is 174 cm³/mol. The first-order valence-electron chi connectivity index (χ1n) is 16.1. The zero-order chi connectivity index (χ0) is 33.1. The number of piperazine rings is 1. The molecular formula is C37H43F2N3O4. The summed E-state index contributed by atoms with van der Waals surface area (Å²) in [5, 5.41) is 0. The normalized spacial score (nSPS) is 18.4. The van der Waals surface area contributed by atoms with Crippen molar-refractivity contribution in [1.82, 2.24) is 14.7 Å². The van der Waals surface area contributed by atoms with Gasteiger partial charge >= 0.3 is 5.97 Å². The molecule has 2 aromatic rings. The van der Waals surface area contributed by atoms with Crippen molar-refractivity contribution in [2.75, 3.05) is 32.8 Å². The summed E-state index contributed by atoms with van der Waals surface area (Å²) in [5.41, 5.74) is 2.42. The van der Waals surface area contributed by atoms with E-state index in [1.807, 2.05) is 24.0 Å². The lowest BCUT2D eigenvalue weighted by Gasteiger charge is -2.45. The van der Waals surface area contributed by atoms with Crippen molar-refractivity contribution in [1.29, 1.82) is 0 Å². The van der Waals surface area contributed by atoms with Crippen LogP contribution in [0, 0.1) is 17.6 Å². The van der Waals surface area contributed by atoms with E-state index in [9.17, 15) is 23.2 Å². The number of halogens is 2. The molecule has 2 heterocycles. The molecule has 2 aromatic carbocycles. The van der Waals surface area contributed by atoms with Gasteiger partial charge in [-0.1, -0.05) is 56.7 Å². The molecule has 0 radical (unpaired) electrons. The molecule has 0 aromatic heterocycles. The van der Waals surface area contributed by atoms with Gasteiger partial charge in [-0.3, -0.25) is 9.59 Å². The molecule has 0 spiro atoms. The lowest BCUT2D eigenvalue weighted by molar-refractivity contribution is -0.142. The minimum Gasteiger partial charge on any atom is -0.462 e. The number of hydrogen-bond acceptors (Lipinski definition) is 5. The van der Waals surface area contributed by atoms with Crippen molar-refractivity contribution in [3.63, 3.8) is 0 Å². The highest BCUT2D eigenvalue weighted by molar-refractivity contribution is 6.18. The Labute approximate surface area is 270 Å². The van der Waals surface area contributed by atoms with Crippen LogP contribution in [-0.2, 0) is 20.9 Å². The number of amides is 2. The number of unbranched alkanes of at least 4 members (excludes halogenated alkanes) is 1. The van der Waals surface area contributed by atoms with Crippen LogP contribution in [0.5, 0.6) is 0 Å². The topological polar surface area (TPSA) is 70.2 Å². The van der Waals surface area contributed by atoms with Crippen molar-refractivity contribution in [2.24, 2.45) is 5.92 Å². The average Bonchev–Trinajstić information content (AvgIpc) is 3.06. The van der Waals surface area contributed by atoms with E-state index < -0.39 is 17.7 Å². The van der Waals surface area contributed by atoms with Crippen molar-refractivity contribution in [2.45, 2.75) is 53.0 Å². The Kier molecular flexibility index (Phi) is 12.5. The molecule has 2 aliphatic heterocycles. The van der Waals surface area contributed by atoms with Gasteiger partial charge in [0.25, 0.3) is 11.8 Å². The van der Waals surface area contributed by atoms with E-state index >= 15 is 0 Å². The lowest BCUT2D eigenvalue weighted by atomic mass is 9.86. The summed E-state index contributed by atoms with van der Waals surface area (Å²) in [6.07, 6.45) is 13.3. The number of benzene rings is 2. The summed E-state index contributed by atoms with van der Waals surface area (Å²) < 4.78 is 32.7. The number of esters is 1. The second-order valence-electron chi connectivity index (χ2n) is 11.3. The van der Waals surface area contributed by atoms with Gasteiger partial charge in [-0.15, -0.1) is 0 Å². The fourth-order valence-corrected chi connectivity index (χ4v) is 5.77. The first-order chi connectivity index (χ1) is 22.3.